The summed E-state index contributed by atoms with van der Waals surface area (Å²) in [5.41, 5.74) is 0. The highest BCUT2D eigenvalue weighted by Crippen LogP contribution is 2.13. The van der Waals surface area contributed by atoms with Crippen molar-refractivity contribution in [2.45, 2.75) is 206 Å². The molecule has 1 unspecified atom stereocenters. The van der Waals surface area contributed by atoms with E-state index in [1.165, 1.54) is 154 Å². The number of rotatable bonds is 37. The Labute approximate surface area is 287 Å². The molecule has 270 valence electrons. The predicted octanol–water partition coefficient (Wildman–Crippen LogP) is 12.9. The van der Waals surface area contributed by atoms with Gasteiger partial charge >= 0.3 is 5.97 Å². The van der Waals surface area contributed by atoms with Crippen LogP contribution in [0.1, 0.15) is 200 Å². The van der Waals surface area contributed by atoms with Crippen LogP contribution in [-0.2, 0) is 14.3 Å². The highest BCUT2D eigenvalue weighted by molar-refractivity contribution is 5.69. The Morgan fingerprint density at radius 3 is 1.41 bits per heavy atom. The largest absolute Gasteiger partial charge is 0.457 e. The fourth-order valence-corrected chi connectivity index (χ4v) is 5.65. The molecule has 0 aromatic carbocycles. The summed E-state index contributed by atoms with van der Waals surface area (Å²) in [5.74, 6) is -0.211. The van der Waals surface area contributed by atoms with E-state index in [0.717, 1.165) is 25.7 Å². The summed E-state index contributed by atoms with van der Waals surface area (Å²) in [6.07, 6.45) is 49.0. The molecule has 4 heteroatoms. The number of aliphatic hydroxyl groups excluding tert-OH is 1. The first kappa shape index (κ1) is 44.6. The number of hydrogen-bond donors (Lipinski definition) is 1. The zero-order valence-electron chi connectivity index (χ0n) is 30.8. The molecule has 0 aromatic rings. The van der Waals surface area contributed by atoms with Crippen LogP contribution in [0.5, 0.6) is 0 Å². The second-order valence-corrected chi connectivity index (χ2v) is 13.3. The van der Waals surface area contributed by atoms with Crippen molar-refractivity contribution in [3.8, 4) is 0 Å². The van der Waals surface area contributed by atoms with Crippen molar-refractivity contribution in [2.75, 3.05) is 19.8 Å². The number of allylic oxidation sites excluding steroid dienone is 6. The smallest absolute Gasteiger partial charge is 0.306 e. The number of ether oxygens (including phenoxy) is 2. The van der Waals surface area contributed by atoms with Gasteiger partial charge in [-0.3, -0.25) is 4.79 Å². The summed E-state index contributed by atoms with van der Waals surface area (Å²) in [6.45, 7) is 5.31. The van der Waals surface area contributed by atoms with Crippen LogP contribution in [0.3, 0.4) is 0 Å². The standard InChI is InChI=1S/C42H78O4/c1-3-5-7-9-11-13-15-17-19-21-22-24-26-28-30-32-34-36-38-45-40-41(39-43)46-42(44)37-35-33-31-29-27-25-23-20-18-16-14-12-10-8-6-4-2/h11,13,17,19-20,23,41,43H,3-10,12,14-16,18,21-22,24-40H2,1-2H3/b13-11-,19-17-,23-20-. The number of carbonyl (C=O) groups excluding carboxylic acids is 1. The highest BCUT2D eigenvalue weighted by atomic mass is 16.6. The third kappa shape index (κ3) is 37.1. The van der Waals surface area contributed by atoms with Crippen molar-refractivity contribution in [2.24, 2.45) is 0 Å². The Morgan fingerprint density at radius 1 is 0.522 bits per heavy atom. The van der Waals surface area contributed by atoms with Crippen LogP contribution in [0, 0.1) is 0 Å². The second kappa shape index (κ2) is 39.8. The Kier molecular flexibility index (Phi) is 38.6. The van der Waals surface area contributed by atoms with Crippen molar-refractivity contribution in [3.05, 3.63) is 36.5 Å². The Morgan fingerprint density at radius 2 is 0.913 bits per heavy atom. The third-order valence-electron chi connectivity index (χ3n) is 8.69. The van der Waals surface area contributed by atoms with Crippen molar-refractivity contribution in [3.63, 3.8) is 0 Å². The van der Waals surface area contributed by atoms with Gasteiger partial charge in [-0.2, -0.15) is 0 Å². The molecule has 0 saturated heterocycles. The molecule has 1 atom stereocenters. The normalized spacial score (nSPS) is 12.7. The summed E-state index contributed by atoms with van der Waals surface area (Å²) in [4.78, 5) is 12.2. The molecule has 0 aliphatic carbocycles. The van der Waals surface area contributed by atoms with Gasteiger partial charge in [0.05, 0.1) is 13.2 Å². The summed E-state index contributed by atoms with van der Waals surface area (Å²) in [7, 11) is 0. The van der Waals surface area contributed by atoms with E-state index in [1.807, 2.05) is 0 Å². The molecule has 0 bridgehead atoms. The summed E-state index contributed by atoms with van der Waals surface area (Å²) in [6, 6.07) is 0. The van der Waals surface area contributed by atoms with Crippen LogP contribution in [-0.4, -0.2) is 37.0 Å². The maximum absolute atomic E-state index is 12.2. The SMILES string of the molecule is CCCCC/C=C\C/C=C\CCCCCCCCCCOCC(CO)OC(=O)CCCCCCC/C=C\CCCCCCCCC. The van der Waals surface area contributed by atoms with Gasteiger partial charge in [0.25, 0.3) is 0 Å². The highest BCUT2D eigenvalue weighted by Gasteiger charge is 2.13. The maximum atomic E-state index is 12.2. The molecule has 0 fully saturated rings. The molecule has 4 nitrogen and oxygen atoms in total. The van der Waals surface area contributed by atoms with Crippen LogP contribution < -0.4 is 0 Å². The molecule has 46 heavy (non-hydrogen) atoms. The van der Waals surface area contributed by atoms with Crippen molar-refractivity contribution in [1.29, 1.82) is 0 Å². The van der Waals surface area contributed by atoms with Gasteiger partial charge in [-0.25, -0.2) is 0 Å². The van der Waals surface area contributed by atoms with Crippen LogP contribution >= 0.6 is 0 Å². The molecule has 0 rings (SSSR count). The summed E-state index contributed by atoms with van der Waals surface area (Å²) in [5, 5.41) is 9.58. The minimum atomic E-state index is -0.540. The lowest BCUT2D eigenvalue weighted by molar-refractivity contribution is -0.154. The van der Waals surface area contributed by atoms with Gasteiger partial charge in [-0.05, 0) is 70.6 Å². The molecule has 0 saturated carbocycles. The van der Waals surface area contributed by atoms with E-state index in [9.17, 15) is 9.90 Å². The van der Waals surface area contributed by atoms with Gasteiger partial charge in [-0.15, -0.1) is 0 Å². The Balaban J connectivity index is 3.45. The van der Waals surface area contributed by atoms with E-state index in [-0.39, 0.29) is 12.6 Å². The second-order valence-electron chi connectivity index (χ2n) is 13.3. The molecule has 0 amide bonds. The lowest BCUT2D eigenvalue weighted by atomic mass is 10.1. The van der Waals surface area contributed by atoms with Gasteiger partial charge in [0.1, 0.15) is 6.10 Å². The number of esters is 1. The molecule has 0 aliphatic rings. The van der Waals surface area contributed by atoms with E-state index in [1.54, 1.807) is 0 Å². The van der Waals surface area contributed by atoms with Crippen LogP contribution in [0.2, 0.25) is 0 Å². The van der Waals surface area contributed by atoms with Gasteiger partial charge < -0.3 is 14.6 Å². The van der Waals surface area contributed by atoms with E-state index in [4.69, 9.17) is 9.47 Å². The van der Waals surface area contributed by atoms with Gasteiger partial charge in [0, 0.05) is 13.0 Å². The van der Waals surface area contributed by atoms with Crippen LogP contribution in [0.15, 0.2) is 36.5 Å². The molecule has 0 spiro atoms. The zero-order valence-corrected chi connectivity index (χ0v) is 30.8. The monoisotopic (exact) mass is 647 g/mol. The number of aliphatic hydroxyl groups is 1. The van der Waals surface area contributed by atoms with E-state index in [2.05, 4.69) is 50.3 Å². The van der Waals surface area contributed by atoms with Crippen LogP contribution in [0.4, 0.5) is 0 Å². The molecule has 0 aliphatic heterocycles. The topological polar surface area (TPSA) is 55.8 Å². The Hall–Kier alpha value is -1.39. The molecule has 0 radical (unpaired) electrons. The first-order valence-corrected chi connectivity index (χ1v) is 20.1. The fourth-order valence-electron chi connectivity index (χ4n) is 5.65. The van der Waals surface area contributed by atoms with Gasteiger partial charge in [-0.1, -0.05) is 159 Å². The van der Waals surface area contributed by atoms with Gasteiger partial charge in [0.2, 0.25) is 0 Å². The number of carbonyl (C=O) groups is 1. The first-order chi connectivity index (χ1) is 22.7. The maximum Gasteiger partial charge on any atom is 0.306 e. The molecule has 0 heterocycles. The average molecular weight is 647 g/mol. The van der Waals surface area contributed by atoms with Crippen molar-refractivity contribution in [1.82, 2.24) is 0 Å². The average Bonchev–Trinajstić information content (AvgIpc) is 3.06. The molecule has 1 N–H and O–H groups in total. The number of hydrogen-bond acceptors (Lipinski definition) is 4. The first-order valence-electron chi connectivity index (χ1n) is 20.1. The number of unbranched alkanes of at least 4 members (excludes halogenated alkanes) is 23. The quantitative estimate of drug-likeness (QED) is 0.0414. The van der Waals surface area contributed by atoms with E-state index < -0.39 is 6.10 Å². The molecular weight excluding hydrogens is 568 g/mol. The fraction of sp³-hybridized carbons (Fsp3) is 0.833. The minimum Gasteiger partial charge on any atom is -0.457 e. The lowest BCUT2D eigenvalue weighted by Crippen LogP contribution is -2.27. The summed E-state index contributed by atoms with van der Waals surface area (Å²) < 4.78 is 11.1. The minimum absolute atomic E-state index is 0.176. The van der Waals surface area contributed by atoms with Crippen molar-refractivity contribution < 1.29 is 19.4 Å². The van der Waals surface area contributed by atoms with E-state index >= 15 is 0 Å². The predicted molar refractivity (Wildman–Crippen MR) is 200 cm³/mol. The molecular formula is C42H78O4. The Bertz CT molecular complexity index is 683. The van der Waals surface area contributed by atoms with Crippen LogP contribution in [0.25, 0.3) is 0 Å². The summed E-state index contributed by atoms with van der Waals surface area (Å²) >= 11 is 0. The van der Waals surface area contributed by atoms with E-state index in [0.29, 0.717) is 19.6 Å². The third-order valence-corrected chi connectivity index (χ3v) is 8.69. The van der Waals surface area contributed by atoms with Gasteiger partial charge in [0.15, 0.2) is 0 Å². The lowest BCUT2D eigenvalue weighted by Gasteiger charge is -2.15. The zero-order chi connectivity index (χ0) is 33.4. The molecule has 0 aromatic heterocycles. The van der Waals surface area contributed by atoms with Crippen molar-refractivity contribution >= 4 is 5.97 Å².